The van der Waals surface area contributed by atoms with E-state index in [1.807, 2.05) is 25.3 Å². The van der Waals surface area contributed by atoms with E-state index in [4.69, 9.17) is 4.98 Å². The average molecular weight is 587 g/mol. The second kappa shape index (κ2) is 10.6. The molecular weight excluding hydrogens is 555 g/mol. The van der Waals surface area contributed by atoms with E-state index in [1.54, 1.807) is 7.05 Å². The van der Waals surface area contributed by atoms with Crippen LogP contribution < -0.4 is 0 Å². The fourth-order valence-corrected chi connectivity index (χ4v) is 6.50. The number of halogens is 3. The molecule has 1 fully saturated rings. The van der Waals surface area contributed by atoms with Gasteiger partial charge in [0.25, 0.3) is 0 Å². The van der Waals surface area contributed by atoms with Gasteiger partial charge in [0.05, 0.1) is 11.4 Å². The van der Waals surface area contributed by atoms with Crippen LogP contribution in [0.4, 0.5) is 8.78 Å². The van der Waals surface area contributed by atoms with Gasteiger partial charge in [0.15, 0.2) is 0 Å². The lowest BCUT2D eigenvalue weighted by Crippen LogP contribution is -2.36. The van der Waals surface area contributed by atoms with Crippen LogP contribution in [0.5, 0.6) is 0 Å². The van der Waals surface area contributed by atoms with Crippen LogP contribution in [0.25, 0.3) is 22.4 Å². The average Bonchev–Trinajstić information content (AvgIpc) is 3.23. The van der Waals surface area contributed by atoms with Gasteiger partial charge in [-0.3, -0.25) is 9.98 Å². The van der Waals surface area contributed by atoms with Gasteiger partial charge in [-0.1, -0.05) is 49.4 Å². The first-order valence-electron chi connectivity index (χ1n) is 11.9. The lowest BCUT2D eigenvalue weighted by molar-refractivity contribution is -0.113. The molecule has 184 valence electrons. The van der Waals surface area contributed by atoms with Crippen LogP contribution in [-0.4, -0.2) is 38.3 Å². The molecule has 1 aliphatic heterocycles. The maximum absolute atomic E-state index is 13.5. The number of alkyl halides is 2. The molecule has 1 aliphatic carbocycles. The van der Waals surface area contributed by atoms with Crippen molar-refractivity contribution in [1.82, 2.24) is 8.10 Å². The molecule has 0 saturated heterocycles. The standard InChI is InChI=1S/C29H32F2IN3/c1-19(2)11-24(17-33-4)26-9-10-27(34-28(26)20(3)12-21-14-29(30,31)15-21)23-8-6-7-22(13-23)25-16-32-35(5)18-25/h6-11,13,16-18,20-21H,1,12,14-15H2,2-5H3/b24-11+,33-17?. The van der Waals surface area contributed by atoms with Crippen molar-refractivity contribution in [1.29, 1.82) is 0 Å². The van der Waals surface area contributed by atoms with Gasteiger partial charge in [-0.05, 0) is 67.9 Å². The van der Waals surface area contributed by atoms with Gasteiger partial charge in [-0.15, -0.1) is 0 Å². The Labute approximate surface area is 217 Å². The van der Waals surface area contributed by atoms with E-state index in [9.17, 15) is 8.78 Å². The first-order chi connectivity index (χ1) is 16.6. The fraction of sp³-hybridized carbons (Fsp3) is 0.345. The molecule has 1 atom stereocenters. The van der Waals surface area contributed by atoms with Gasteiger partial charge in [0.1, 0.15) is 0 Å². The zero-order chi connectivity index (χ0) is 25.2. The minimum atomic E-state index is -2.51. The number of pyridine rings is 1. The van der Waals surface area contributed by atoms with Gasteiger partial charge in [0, 0.05) is 61.6 Å². The molecule has 0 amide bonds. The Morgan fingerprint density at radius 3 is 2.66 bits per heavy atom. The topological polar surface area (TPSA) is 28.5 Å². The molecule has 3 nitrogen and oxygen atoms in total. The Hall–Kier alpha value is -2.48. The molecule has 2 aliphatic rings. The second-order valence-corrected chi connectivity index (χ2v) is 12.3. The highest BCUT2D eigenvalue weighted by molar-refractivity contribution is 14.2. The molecule has 6 heteroatoms. The van der Waals surface area contributed by atoms with Gasteiger partial charge in [-0.25, -0.2) is 8.78 Å². The monoisotopic (exact) mass is 587 g/mol. The quantitative estimate of drug-likeness (QED) is 0.136. The fourth-order valence-electron chi connectivity index (χ4n) is 4.78. The molecule has 0 spiro atoms. The number of hydrogen-bond acceptors (Lipinski definition) is 3. The van der Waals surface area contributed by atoms with Crippen molar-refractivity contribution in [3.63, 3.8) is 0 Å². The molecule has 2 heterocycles. The lowest BCUT2D eigenvalue weighted by Gasteiger charge is -2.36. The Bertz CT molecular complexity index is 1230. The number of hydrogen-bond donors (Lipinski definition) is 0. The summed E-state index contributed by atoms with van der Waals surface area (Å²) in [6.07, 6.45) is 6.66. The summed E-state index contributed by atoms with van der Waals surface area (Å²) < 4.78 is 31.6. The minimum absolute atomic E-state index is 0.0258. The Morgan fingerprint density at radius 2 is 2.03 bits per heavy atom. The van der Waals surface area contributed by atoms with Crippen LogP contribution in [0, 0.1) is 5.92 Å². The highest BCUT2D eigenvalue weighted by atomic mass is 127. The molecule has 0 N–H and O–H groups in total. The predicted octanol–water partition coefficient (Wildman–Crippen LogP) is 7.92. The van der Waals surface area contributed by atoms with Crippen LogP contribution in [0.3, 0.4) is 0 Å². The van der Waals surface area contributed by atoms with E-state index in [0.717, 1.165) is 33.7 Å². The Balaban J connectivity index is 1.74. The van der Waals surface area contributed by atoms with Crippen LogP contribution in [0.1, 0.15) is 55.8 Å². The lowest BCUT2D eigenvalue weighted by atomic mass is 9.75. The third-order valence-electron chi connectivity index (χ3n) is 6.36. The van der Waals surface area contributed by atoms with Crippen molar-refractivity contribution >= 4 is 42.4 Å². The number of aromatic nitrogens is 1. The molecule has 35 heavy (non-hydrogen) atoms. The first kappa shape index (κ1) is 25.6. The number of rotatable bonds is 8. The largest absolute Gasteiger partial charge is 0.329 e. The number of aliphatic imine (C=N–C) groups is 1. The molecule has 1 unspecified atom stereocenters. The van der Waals surface area contributed by atoms with Crippen molar-refractivity contribution in [3.8, 4) is 11.3 Å². The molecule has 0 radical (unpaired) electrons. The number of benzene rings is 1. The van der Waals surface area contributed by atoms with Crippen LogP contribution >= 0.6 is 21.0 Å². The summed E-state index contributed by atoms with van der Waals surface area (Å²) >= 11 is -0.0806. The third kappa shape index (κ3) is 6.21. The third-order valence-corrected chi connectivity index (χ3v) is 8.47. The summed E-state index contributed by atoms with van der Waals surface area (Å²) in [5.41, 5.74) is 8.14. The molecular formula is C29H32F2IN3. The smallest absolute Gasteiger partial charge is 0.248 e. The summed E-state index contributed by atoms with van der Waals surface area (Å²) in [6.45, 7) is 8.08. The molecule has 1 aromatic carbocycles. The molecule has 1 saturated carbocycles. The summed E-state index contributed by atoms with van der Waals surface area (Å²) in [5.74, 6) is -2.44. The summed E-state index contributed by atoms with van der Waals surface area (Å²) in [7, 11) is 3.86. The number of nitrogens with zero attached hydrogens (tertiary/aromatic N) is 3. The maximum Gasteiger partial charge on any atom is 0.248 e. The van der Waals surface area contributed by atoms with Gasteiger partial charge in [-0.2, -0.15) is 0 Å². The van der Waals surface area contributed by atoms with Crippen LogP contribution in [0.15, 0.2) is 65.8 Å². The molecule has 0 bridgehead atoms. The molecule has 4 rings (SSSR count). The minimum Gasteiger partial charge on any atom is -0.329 e. The van der Waals surface area contributed by atoms with E-state index in [0.29, 0.717) is 6.42 Å². The van der Waals surface area contributed by atoms with E-state index < -0.39 is 5.92 Å². The van der Waals surface area contributed by atoms with Crippen molar-refractivity contribution in [2.45, 2.75) is 45.0 Å². The SMILES string of the molecule is C=C(C)/C=C(\C=NC)c1ccc(-c2cccc(C3=CN(C)I=C3)c2)nc1C(C)CC1CC(F)(F)C1. The summed E-state index contributed by atoms with van der Waals surface area (Å²) in [6, 6.07) is 12.6. The second-order valence-electron chi connectivity index (χ2n) is 9.63. The van der Waals surface area contributed by atoms with Crippen LogP contribution in [-0.2, 0) is 0 Å². The Kier molecular flexibility index (Phi) is 7.79. The van der Waals surface area contributed by atoms with E-state index in [2.05, 4.69) is 69.2 Å². The van der Waals surface area contributed by atoms with E-state index >= 15 is 0 Å². The highest BCUT2D eigenvalue weighted by Crippen LogP contribution is 2.47. The maximum atomic E-state index is 13.5. The van der Waals surface area contributed by atoms with Gasteiger partial charge < -0.3 is 3.11 Å². The van der Waals surface area contributed by atoms with Gasteiger partial charge >= 0.3 is 0 Å². The zero-order valence-electron chi connectivity index (χ0n) is 20.7. The van der Waals surface area contributed by atoms with E-state index in [1.165, 1.54) is 11.1 Å². The predicted molar refractivity (Wildman–Crippen MR) is 153 cm³/mol. The van der Waals surface area contributed by atoms with Crippen molar-refractivity contribution in [3.05, 3.63) is 77.6 Å². The summed E-state index contributed by atoms with van der Waals surface area (Å²) in [4.78, 5) is 9.37. The number of allylic oxidation sites excluding steroid dienone is 4. The molecule has 2 aromatic rings. The summed E-state index contributed by atoms with van der Waals surface area (Å²) in [5, 5.41) is 0. The zero-order valence-corrected chi connectivity index (χ0v) is 22.9. The van der Waals surface area contributed by atoms with Crippen LogP contribution in [0.2, 0.25) is 0 Å². The van der Waals surface area contributed by atoms with Gasteiger partial charge in [0.2, 0.25) is 5.92 Å². The Morgan fingerprint density at radius 1 is 1.29 bits per heavy atom. The normalized spacial score (nSPS) is 18.9. The van der Waals surface area contributed by atoms with E-state index in [-0.39, 0.29) is 45.7 Å². The van der Waals surface area contributed by atoms with Crippen molar-refractivity contribution < 1.29 is 8.78 Å². The highest BCUT2D eigenvalue weighted by Gasteiger charge is 2.45. The first-order valence-corrected chi connectivity index (χ1v) is 14.1. The van der Waals surface area contributed by atoms with Crippen molar-refractivity contribution in [2.75, 3.05) is 14.1 Å². The van der Waals surface area contributed by atoms with Crippen molar-refractivity contribution in [2.24, 2.45) is 10.9 Å². The molecule has 1 aromatic heterocycles.